The van der Waals surface area contributed by atoms with Crippen molar-refractivity contribution >= 4 is 12.1 Å². The van der Waals surface area contributed by atoms with Crippen molar-refractivity contribution in [3.05, 3.63) is 11.9 Å². The highest BCUT2D eigenvalue weighted by Crippen LogP contribution is 2.35. The summed E-state index contributed by atoms with van der Waals surface area (Å²) >= 11 is 0. The van der Waals surface area contributed by atoms with E-state index in [1.807, 2.05) is 27.0 Å². The van der Waals surface area contributed by atoms with Gasteiger partial charge in [0.15, 0.2) is 0 Å². The average Bonchev–Trinajstić information content (AvgIpc) is 3.18. The van der Waals surface area contributed by atoms with E-state index in [9.17, 15) is 14.7 Å². The van der Waals surface area contributed by atoms with Gasteiger partial charge in [-0.3, -0.25) is 4.79 Å². The van der Waals surface area contributed by atoms with Crippen LogP contribution >= 0.6 is 0 Å². The Morgan fingerprint density at radius 2 is 1.79 bits per heavy atom. The van der Waals surface area contributed by atoms with E-state index in [4.69, 9.17) is 9.47 Å². The first-order valence-corrected chi connectivity index (χ1v) is 10.3. The highest BCUT2D eigenvalue weighted by molar-refractivity contribution is 5.72. The zero-order chi connectivity index (χ0) is 21.2. The van der Waals surface area contributed by atoms with Crippen molar-refractivity contribution in [1.29, 1.82) is 0 Å². The fraction of sp³-hybridized carbons (Fsp3) is 0.800. The molecule has 29 heavy (non-hydrogen) atoms. The number of piperidine rings is 1. The summed E-state index contributed by atoms with van der Waals surface area (Å²) in [7, 11) is 1.42. The Balaban J connectivity index is 1.57. The lowest BCUT2D eigenvalue weighted by Crippen LogP contribution is -2.47. The molecule has 0 radical (unpaired) electrons. The summed E-state index contributed by atoms with van der Waals surface area (Å²) in [5.74, 6) is -0.186. The maximum Gasteiger partial charge on any atom is 0.410 e. The second-order valence-corrected chi connectivity index (χ2v) is 9.11. The molecule has 9 nitrogen and oxygen atoms in total. The van der Waals surface area contributed by atoms with Gasteiger partial charge >= 0.3 is 12.1 Å². The lowest BCUT2D eigenvalue weighted by molar-refractivity contribution is -0.146. The molecule has 2 heterocycles. The van der Waals surface area contributed by atoms with Crippen molar-refractivity contribution in [3.63, 3.8) is 0 Å². The first-order chi connectivity index (χ1) is 13.6. The van der Waals surface area contributed by atoms with Crippen LogP contribution in [0.15, 0.2) is 6.20 Å². The maximum atomic E-state index is 12.2. The number of amides is 1. The van der Waals surface area contributed by atoms with Gasteiger partial charge in [-0.1, -0.05) is 5.21 Å². The molecule has 0 atom stereocenters. The van der Waals surface area contributed by atoms with Crippen LogP contribution in [0.5, 0.6) is 0 Å². The van der Waals surface area contributed by atoms with Gasteiger partial charge in [-0.2, -0.15) is 0 Å². The standard InChI is InChI=1S/C20H32N4O5/c1-19(2,3)29-18(26)23-11-9-20(27,10-12-23)16-13-24(22-21-16)15-7-5-14(6-8-15)17(25)28-4/h13-15,27H,5-12H2,1-4H3/t14-,15-. The van der Waals surface area contributed by atoms with Crippen LogP contribution in [0.25, 0.3) is 0 Å². The number of hydrogen-bond acceptors (Lipinski definition) is 7. The minimum Gasteiger partial charge on any atom is -0.469 e. The Morgan fingerprint density at radius 1 is 1.17 bits per heavy atom. The van der Waals surface area contributed by atoms with Crippen LogP contribution in [0.4, 0.5) is 4.79 Å². The number of hydrogen-bond donors (Lipinski definition) is 1. The van der Waals surface area contributed by atoms with Crippen LogP contribution in [-0.4, -0.2) is 62.9 Å². The maximum absolute atomic E-state index is 12.2. The number of aliphatic hydroxyl groups is 1. The van der Waals surface area contributed by atoms with Gasteiger partial charge in [0.1, 0.15) is 16.9 Å². The van der Waals surface area contributed by atoms with Gasteiger partial charge in [0.2, 0.25) is 0 Å². The van der Waals surface area contributed by atoms with E-state index in [-0.39, 0.29) is 24.0 Å². The summed E-state index contributed by atoms with van der Waals surface area (Å²) < 4.78 is 12.1. The van der Waals surface area contributed by atoms with Gasteiger partial charge in [0.25, 0.3) is 0 Å². The van der Waals surface area contributed by atoms with Crippen molar-refractivity contribution in [1.82, 2.24) is 19.9 Å². The van der Waals surface area contributed by atoms with Crippen LogP contribution in [-0.2, 0) is 19.9 Å². The lowest BCUT2D eigenvalue weighted by Gasteiger charge is -2.37. The Morgan fingerprint density at radius 3 is 2.34 bits per heavy atom. The van der Waals surface area contributed by atoms with E-state index in [1.54, 1.807) is 9.58 Å². The largest absolute Gasteiger partial charge is 0.469 e. The summed E-state index contributed by atoms with van der Waals surface area (Å²) in [6, 6.07) is 0.169. The lowest BCUT2D eigenvalue weighted by atomic mass is 9.86. The van der Waals surface area contributed by atoms with Crippen LogP contribution in [0.1, 0.15) is 71.0 Å². The second-order valence-electron chi connectivity index (χ2n) is 9.11. The third kappa shape index (κ3) is 5.07. The number of aromatic nitrogens is 3. The molecule has 0 bridgehead atoms. The number of methoxy groups -OCH3 is 1. The molecule has 1 aromatic heterocycles. The van der Waals surface area contributed by atoms with Crippen LogP contribution in [0.2, 0.25) is 0 Å². The fourth-order valence-electron chi connectivity index (χ4n) is 4.05. The molecule has 3 rings (SSSR count). The molecule has 0 unspecified atom stereocenters. The van der Waals surface area contributed by atoms with Gasteiger partial charge in [0.05, 0.1) is 25.3 Å². The van der Waals surface area contributed by atoms with Gasteiger partial charge in [-0.25, -0.2) is 9.48 Å². The van der Waals surface area contributed by atoms with E-state index in [0.29, 0.717) is 31.6 Å². The molecule has 1 aliphatic heterocycles. The van der Waals surface area contributed by atoms with Crippen molar-refractivity contribution in [3.8, 4) is 0 Å². The topological polar surface area (TPSA) is 107 Å². The highest BCUT2D eigenvalue weighted by Gasteiger charge is 2.39. The van der Waals surface area contributed by atoms with Gasteiger partial charge < -0.3 is 19.5 Å². The van der Waals surface area contributed by atoms with E-state index in [0.717, 1.165) is 25.7 Å². The first-order valence-electron chi connectivity index (χ1n) is 10.3. The summed E-state index contributed by atoms with van der Waals surface area (Å²) in [6.07, 6.45) is 5.42. The predicted molar refractivity (Wildman–Crippen MR) is 104 cm³/mol. The Bertz CT molecular complexity index is 725. The number of likely N-dealkylation sites (tertiary alicyclic amines) is 1. The Hall–Kier alpha value is -2.16. The van der Waals surface area contributed by atoms with Crippen molar-refractivity contribution in [2.24, 2.45) is 5.92 Å². The normalized spacial score (nSPS) is 24.8. The Labute approximate surface area is 171 Å². The van der Waals surface area contributed by atoms with Gasteiger partial charge in [0, 0.05) is 13.1 Å². The molecular weight excluding hydrogens is 376 g/mol. The number of nitrogens with zero attached hydrogens (tertiary/aromatic N) is 4. The third-order valence-electron chi connectivity index (χ3n) is 5.83. The molecule has 1 amide bonds. The molecule has 2 aliphatic rings. The number of carbonyl (C=O) groups excluding carboxylic acids is 2. The number of rotatable bonds is 3. The molecule has 1 N–H and O–H groups in total. The molecule has 1 aromatic rings. The highest BCUT2D eigenvalue weighted by atomic mass is 16.6. The fourth-order valence-corrected chi connectivity index (χ4v) is 4.05. The summed E-state index contributed by atoms with van der Waals surface area (Å²) in [5.41, 5.74) is -1.10. The van der Waals surface area contributed by atoms with E-state index >= 15 is 0 Å². The van der Waals surface area contributed by atoms with Crippen LogP contribution in [0.3, 0.4) is 0 Å². The molecule has 1 saturated heterocycles. The monoisotopic (exact) mass is 408 g/mol. The van der Waals surface area contributed by atoms with E-state index in [1.165, 1.54) is 7.11 Å². The van der Waals surface area contributed by atoms with Crippen molar-refractivity contribution < 1.29 is 24.2 Å². The summed E-state index contributed by atoms with van der Waals surface area (Å²) in [5, 5.41) is 19.5. The van der Waals surface area contributed by atoms with E-state index < -0.39 is 11.2 Å². The average molecular weight is 408 g/mol. The zero-order valence-corrected chi connectivity index (χ0v) is 17.8. The quantitative estimate of drug-likeness (QED) is 0.765. The smallest absolute Gasteiger partial charge is 0.410 e. The number of carbonyl (C=O) groups is 2. The van der Waals surface area contributed by atoms with Gasteiger partial charge in [-0.05, 0) is 59.3 Å². The second kappa shape index (κ2) is 8.30. The summed E-state index contributed by atoms with van der Waals surface area (Å²) in [4.78, 5) is 25.5. The molecule has 1 saturated carbocycles. The molecule has 0 aromatic carbocycles. The number of ether oxygens (including phenoxy) is 2. The minimum atomic E-state index is -1.10. The SMILES string of the molecule is COC(=O)[C@H]1CC[C@H](n2cc(C3(O)CCN(C(=O)OC(C)(C)C)CC3)nn2)CC1. The first kappa shape index (κ1) is 21.5. The third-order valence-corrected chi connectivity index (χ3v) is 5.83. The van der Waals surface area contributed by atoms with E-state index in [2.05, 4.69) is 10.3 Å². The number of esters is 1. The summed E-state index contributed by atoms with van der Waals surface area (Å²) in [6.45, 7) is 6.32. The zero-order valence-electron chi connectivity index (χ0n) is 17.8. The van der Waals surface area contributed by atoms with Crippen molar-refractivity contribution in [2.45, 2.75) is 76.5 Å². The molecule has 1 aliphatic carbocycles. The van der Waals surface area contributed by atoms with Gasteiger partial charge in [-0.15, -0.1) is 5.10 Å². The molecular formula is C20H32N4O5. The minimum absolute atomic E-state index is 0.0411. The molecule has 2 fully saturated rings. The van der Waals surface area contributed by atoms with Crippen LogP contribution < -0.4 is 0 Å². The predicted octanol–water partition coefficient (Wildman–Crippen LogP) is 2.40. The Kier molecular flexibility index (Phi) is 6.16. The molecule has 9 heteroatoms. The van der Waals surface area contributed by atoms with Crippen LogP contribution in [0, 0.1) is 5.92 Å². The molecule has 162 valence electrons. The molecule has 0 spiro atoms. The van der Waals surface area contributed by atoms with Crippen molar-refractivity contribution in [2.75, 3.05) is 20.2 Å².